The SMILES string of the molecule is CN=C(NCC1CCN(c2ccccc2OC)C1)NC1CCCC1.I. The first-order chi connectivity index (χ1) is 11.8. The molecular weight excluding hydrogens is 427 g/mol. The number of methoxy groups -OCH3 is 1. The monoisotopic (exact) mass is 458 g/mol. The first-order valence-corrected chi connectivity index (χ1v) is 9.15. The molecule has 1 aliphatic carbocycles. The summed E-state index contributed by atoms with van der Waals surface area (Å²) in [5.74, 6) is 2.56. The molecule has 0 radical (unpaired) electrons. The van der Waals surface area contributed by atoms with Crippen LogP contribution in [-0.2, 0) is 0 Å². The summed E-state index contributed by atoms with van der Waals surface area (Å²) >= 11 is 0. The molecule has 1 unspecified atom stereocenters. The molecule has 1 heterocycles. The van der Waals surface area contributed by atoms with Gasteiger partial charge >= 0.3 is 0 Å². The second-order valence-electron chi connectivity index (χ2n) is 6.85. The molecule has 2 fully saturated rings. The molecule has 2 N–H and O–H groups in total. The Balaban J connectivity index is 0.00000225. The van der Waals surface area contributed by atoms with E-state index < -0.39 is 0 Å². The van der Waals surface area contributed by atoms with Crippen molar-refractivity contribution >= 4 is 35.6 Å². The predicted octanol–water partition coefficient (Wildman–Crippen LogP) is 3.25. The Morgan fingerprint density at radius 2 is 2.00 bits per heavy atom. The Morgan fingerprint density at radius 1 is 1.24 bits per heavy atom. The summed E-state index contributed by atoms with van der Waals surface area (Å²) in [5.41, 5.74) is 1.20. The van der Waals surface area contributed by atoms with Crippen molar-refractivity contribution in [1.29, 1.82) is 0 Å². The normalized spacial score (nSPS) is 21.1. The third-order valence-corrected chi connectivity index (χ3v) is 5.19. The minimum atomic E-state index is 0. The molecule has 25 heavy (non-hydrogen) atoms. The number of hydrogen-bond donors (Lipinski definition) is 2. The van der Waals surface area contributed by atoms with Gasteiger partial charge in [-0.05, 0) is 37.3 Å². The summed E-state index contributed by atoms with van der Waals surface area (Å²) in [4.78, 5) is 6.81. The van der Waals surface area contributed by atoms with E-state index in [1.54, 1.807) is 7.11 Å². The Labute approximate surface area is 168 Å². The van der Waals surface area contributed by atoms with Gasteiger partial charge in [-0.3, -0.25) is 4.99 Å². The molecule has 0 bridgehead atoms. The number of hydrogen-bond acceptors (Lipinski definition) is 3. The summed E-state index contributed by atoms with van der Waals surface area (Å²) in [6.45, 7) is 3.12. The minimum Gasteiger partial charge on any atom is -0.495 e. The lowest BCUT2D eigenvalue weighted by Gasteiger charge is -2.22. The summed E-state index contributed by atoms with van der Waals surface area (Å²) in [5, 5.41) is 7.08. The smallest absolute Gasteiger partial charge is 0.191 e. The highest BCUT2D eigenvalue weighted by Crippen LogP contribution is 2.31. The van der Waals surface area contributed by atoms with Crippen LogP contribution in [0.5, 0.6) is 5.75 Å². The summed E-state index contributed by atoms with van der Waals surface area (Å²) in [7, 11) is 3.60. The van der Waals surface area contributed by atoms with E-state index in [0.717, 1.165) is 31.3 Å². The molecule has 2 aliphatic rings. The van der Waals surface area contributed by atoms with Gasteiger partial charge in [0.2, 0.25) is 0 Å². The molecular formula is C19H31IN4O. The average Bonchev–Trinajstić information content (AvgIpc) is 3.30. The van der Waals surface area contributed by atoms with E-state index in [0.29, 0.717) is 12.0 Å². The molecule has 1 saturated carbocycles. The van der Waals surface area contributed by atoms with Crippen LogP contribution in [0, 0.1) is 5.92 Å². The summed E-state index contributed by atoms with van der Waals surface area (Å²) in [6, 6.07) is 8.89. The molecule has 0 spiro atoms. The molecule has 6 heteroatoms. The Hall–Kier alpha value is -1.18. The molecule has 5 nitrogen and oxygen atoms in total. The zero-order chi connectivity index (χ0) is 16.8. The maximum atomic E-state index is 5.50. The van der Waals surface area contributed by atoms with Crippen LogP contribution < -0.4 is 20.3 Å². The number of ether oxygens (including phenoxy) is 1. The molecule has 0 aromatic heterocycles. The van der Waals surface area contributed by atoms with Gasteiger partial charge in [-0.2, -0.15) is 0 Å². The lowest BCUT2D eigenvalue weighted by atomic mass is 10.1. The fourth-order valence-corrected chi connectivity index (χ4v) is 3.81. The van der Waals surface area contributed by atoms with E-state index >= 15 is 0 Å². The fourth-order valence-electron chi connectivity index (χ4n) is 3.81. The van der Waals surface area contributed by atoms with Crippen LogP contribution in [-0.4, -0.2) is 45.8 Å². The number of anilines is 1. The van der Waals surface area contributed by atoms with E-state index in [4.69, 9.17) is 4.74 Å². The lowest BCUT2D eigenvalue weighted by Crippen LogP contribution is -2.44. The van der Waals surface area contributed by atoms with Gasteiger partial charge in [0.25, 0.3) is 0 Å². The van der Waals surface area contributed by atoms with Gasteiger partial charge in [0, 0.05) is 32.7 Å². The number of guanidine groups is 1. The molecule has 1 aromatic rings. The first kappa shape index (κ1) is 20.1. The summed E-state index contributed by atoms with van der Waals surface area (Å²) in [6.07, 6.45) is 6.42. The molecule has 1 saturated heterocycles. The number of nitrogens with zero attached hydrogens (tertiary/aromatic N) is 2. The first-order valence-electron chi connectivity index (χ1n) is 9.15. The van der Waals surface area contributed by atoms with Gasteiger partial charge < -0.3 is 20.3 Å². The highest BCUT2D eigenvalue weighted by Gasteiger charge is 2.25. The second kappa shape index (κ2) is 10.1. The Morgan fingerprint density at radius 3 is 2.72 bits per heavy atom. The van der Waals surface area contributed by atoms with Crippen LogP contribution in [0.4, 0.5) is 5.69 Å². The molecule has 3 rings (SSSR count). The van der Waals surface area contributed by atoms with Gasteiger partial charge in [-0.25, -0.2) is 0 Å². The zero-order valence-electron chi connectivity index (χ0n) is 15.3. The number of benzene rings is 1. The van der Waals surface area contributed by atoms with Gasteiger partial charge in [0.05, 0.1) is 12.8 Å². The maximum absolute atomic E-state index is 5.50. The van der Waals surface area contributed by atoms with Gasteiger partial charge in [0.15, 0.2) is 5.96 Å². The van der Waals surface area contributed by atoms with Crippen molar-refractivity contribution in [3.05, 3.63) is 24.3 Å². The Kier molecular flexibility index (Phi) is 8.12. The standard InChI is InChI=1S/C19H30N4O.HI/c1-20-19(22-16-7-3-4-8-16)21-13-15-11-12-23(14-15)17-9-5-6-10-18(17)24-2;/h5-6,9-10,15-16H,3-4,7-8,11-14H2,1-2H3,(H2,20,21,22);1H. The van der Waals surface area contributed by atoms with Crippen LogP contribution in [0.3, 0.4) is 0 Å². The lowest BCUT2D eigenvalue weighted by molar-refractivity contribution is 0.414. The number of halogens is 1. The largest absolute Gasteiger partial charge is 0.495 e. The molecule has 1 atom stereocenters. The highest BCUT2D eigenvalue weighted by molar-refractivity contribution is 14.0. The van der Waals surface area contributed by atoms with Crippen molar-refractivity contribution < 1.29 is 4.74 Å². The molecule has 140 valence electrons. The van der Waals surface area contributed by atoms with Crippen LogP contribution in [0.25, 0.3) is 0 Å². The quantitative estimate of drug-likeness (QED) is 0.404. The Bertz CT molecular complexity index is 560. The van der Waals surface area contributed by atoms with Crippen molar-refractivity contribution in [2.24, 2.45) is 10.9 Å². The van der Waals surface area contributed by atoms with E-state index in [2.05, 4.69) is 32.7 Å². The van der Waals surface area contributed by atoms with Gasteiger partial charge in [0.1, 0.15) is 5.75 Å². The number of rotatable bonds is 5. The van der Waals surface area contributed by atoms with Gasteiger partial charge in [-0.15, -0.1) is 24.0 Å². The fraction of sp³-hybridized carbons (Fsp3) is 0.632. The number of para-hydroxylation sites is 2. The minimum absolute atomic E-state index is 0. The van der Waals surface area contributed by atoms with E-state index in [-0.39, 0.29) is 24.0 Å². The van der Waals surface area contributed by atoms with E-state index in [1.165, 1.54) is 37.8 Å². The van der Waals surface area contributed by atoms with Crippen LogP contribution >= 0.6 is 24.0 Å². The zero-order valence-corrected chi connectivity index (χ0v) is 17.7. The van der Waals surface area contributed by atoms with Crippen molar-refractivity contribution in [2.45, 2.75) is 38.1 Å². The van der Waals surface area contributed by atoms with Crippen molar-refractivity contribution in [3.63, 3.8) is 0 Å². The molecule has 1 aliphatic heterocycles. The van der Waals surface area contributed by atoms with E-state index in [1.807, 2.05) is 19.2 Å². The third kappa shape index (κ3) is 5.39. The third-order valence-electron chi connectivity index (χ3n) is 5.19. The number of nitrogens with one attached hydrogen (secondary N) is 2. The van der Waals surface area contributed by atoms with Crippen molar-refractivity contribution in [3.8, 4) is 5.75 Å². The second-order valence-corrected chi connectivity index (χ2v) is 6.85. The predicted molar refractivity (Wildman–Crippen MR) is 115 cm³/mol. The summed E-state index contributed by atoms with van der Waals surface area (Å²) < 4.78 is 5.50. The molecule has 1 aromatic carbocycles. The van der Waals surface area contributed by atoms with E-state index in [9.17, 15) is 0 Å². The van der Waals surface area contributed by atoms with Crippen LogP contribution in [0.15, 0.2) is 29.3 Å². The average molecular weight is 458 g/mol. The van der Waals surface area contributed by atoms with Crippen LogP contribution in [0.2, 0.25) is 0 Å². The molecule has 0 amide bonds. The van der Waals surface area contributed by atoms with Crippen molar-refractivity contribution in [1.82, 2.24) is 10.6 Å². The number of aliphatic imine (C=N–C) groups is 1. The topological polar surface area (TPSA) is 48.9 Å². The van der Waals surface area contributed by atoms with Crippen molar-refractivity contribution in [2.75, 3.05) is 38.7 Å². The van der Waals surface area contributed by atoms with Gasteiger partial charge in [-0.1, -0.05) is 25.0 Å². The maximum Gasteiger partial charge on any atom is 0.191 e. The highest BCUT2D eigenvalue weighted by atomic mass is 127. The van der Waals surface area contributed by atoms with Crippen LogP contribution in [0.1, 0.15) is 32.1 Å².